The second-order valence-corrected chi connectivity index (χ2v) is 3.71. The molecule has 4 heteroatoms. The molecule has 0 bridgehead atoms. The summed E-state index contributed by atoms with van der Waals surface area (Å²) in [5, 5.41) is 0. The number of nitrogen functional groups attached to an aromatic ring is 1. The van der Waals surface area contributed by atoms with E-state index < -0.39 is 0 Å². The minimum absolute atomic E-state index is 0.417. The van der Waals surface area contributed by atoms with Gasteiger partial charge in [-0.3, -0.25) is 0 Å². The molecule has 0 radical (unpaired) electrons. The highest BCUT2D eigenvalue weighted by molar-refractivity contribution is 5.28. The maximum atomic E-state index is 5.61. The van der Waals surface area contributed by atoms with Crippen LogP contribution in [0.15, 0.2) is 6.07 Å². The van der Waals surface area contributed by atoms with E-state index in [0.717, 1.165) is 5.69 Å². The molecule has 4 nitrogen and oxygen atoms in total. The first kappa shape index (κ1) is 9.40. The van der Waals surface area contributed by atoms with E-state index in [0.29, 0.717) is 24.4 Å². The lowest BCUT2D eigenvalue weighted by Crippen LogP contribution is -2.21. The largest absolute Gasteiger partial charge is 0.384 e. The van der Waals surface area contributed by atoms with Crippen molar-refractivity contribution >= 4 is 5.82 Å². The number of rotatable bonds is 3. The van der Waals surface area contributed by atoms with Gasteiger partial charge >= 0.3 is 0 Å². The van der Waals surface area contributed by atoms with E-state index >= 15 is 0 Å². The molecular weight excluding hydrogens is 178 g/mol. The Morgan fingerprint density at radius 2 is 2.29 bits per heavy atom. The number of aromatic nitrogens is 2. The van der Waals surface area contributed by atoms with E-state index in [-0.39, 0.29) is 0 Å². The Morgan fingerprint density at radius 3 is 2.86 bits per heavy atom. The number of anilines is 1. The zero-order valence-electron chi connectivity index (χ0n) is 8.36. The third-order valence-corrected chi connectivity index (χ3v) is 2.42. The Kier molecular flexibility index (Phi) is 2.63. The molecule has 0 atom stereocenters. The van der Waals surface area contributed by atoms with Gasteiger partial charge in [0.05, 0.1) is 6.10 Å². The van der Waals surface area contributed by atoms with Crippen molar-refractivity contribution in [3.63, 3.8) is 0 Å². The average Bonchev–Trinajstić information content (AvgIpc) is 1.99. The smallest absolute Gasteiger partial charge is 0.156 e. The molecule has 1 aromatic heterocycles. The Balaban J connectivity index is 1.94. The first-order valence-electron chi connectivity index (χ1n) is 4.95. The van der Waals surface area contributed by atoms with Gasteiger partial charge in [0.15, 0.2) is 5.82 Å². The van der Waals surface area contributed by atoms with E-state index in [1.165, 1.54) is 19.3 Å². The van der Waals surface area contributed by atoms with Crippen LogP contribution in [0.2, 0.25) is 0 Å². The second-order valence-electron chi connectivity index (χ2n) is 3.71. The van der Waals surface area contributed by atoms with Crippen LogP contribution >= 0.6 is 0 Å². The standard InChI is InChI=1S/C10H15N3O/c1-7-5-9(11)13-10(12-7)6-14-8-3-2-4-8/h5,8H,2-4,6H2,1H3,(H2,11,12,13). The van der Waals surface area contributed by atoms with Crippen molar-refractivity contribution in [3.05, 3.63) is 17.6 Å². The quantitative estimate of drug-likeness (QED) is 0.789. The summed E-state index contributed by atoms with van der Waals surface area (Å²) in [6.07, 6.45) is 4.03. The predicted octanol–water partition coefficient (Wildman–Crippen LogP) is 1.44. The topological polar surface area (TPSA) is 61.0 Å². The van der Waals surface area contributed by atoms with Crippen LogP contribution in [0, 0.1) is 6.92 Å². The molecule has 14 heavy (non-hydrogen) atoms. The Labute approximate surface area is 83.5 Å². The monoisotopic (exact) mass is 193 g/mol. The van der Waals surface area contributed by atoms with Crippen LogP contribution in [-0.2, 0) is 11.3 Å². The number of nitrogens with zero attached hydrogens (tertiary/aromatic N) is 2. The van der Waals surface area contributed by atoms with E-state index in [2.05, 4.69) is 9.97 Å². The van der Waals surface area contributed by atoms with Gasteiger partial charge in [-0.15, -0.1) is 0 Å². The number of nitrogens with two attached hydrogens (primary N) is 1. The van der Waals surface area contributed by atoms with Crippen LogP contribution in [0.3, 0.4) is 0 Å². The number of ether oxygens (including phenoxy) is 1. The first-order valence-corrected chi connectivity index (χ1v) is 4.95. The van der Waals surface area contributed by atoms with Gasteiger partial charge in [0.2, 0.25) is 0 Å². The molecule has 1 aliphatic carbocycles. The molecule has 76 valence electrons. The van der Waals surface area contributed by atoms with Crippen LogP contribution < -0.4 is 5.73 Å². The molecule has 0 aliphatic heterocycles. The highest BCUT2D eigenvalue weighted by Crippen LogP contribution is 2.22. The molecule has 0 saturated heterocycles. The lowest BCUT2D eigenvalue weighted by atomic mass is 9.96. The Hall–Kier alpha value is -1.16. The number of hydrogen-bond acceptors (Lipinski definition) is 4. The van der Waals surface area contributed by atoms with E-state index in [1.54, 1.807) is 6.07 Å². The van der Waals surface area contributed by atoms with Crippen molar-refractivity contribution in [2.45, 2.75) is 38.9 Å². The molecule has 1 aromatic rings. The van der Waals surface area contributed by atoms with E-state index in [1.807, 2.05) is 6.92 Å². The van der Waals surface area contributed by atoms with Crippen molar-refractivity contribution in [1.82, 2.24) is 9.97 Å². The fourth-order valence-electron chi connectivity index (χ4n) is 1.45. The Bertz CT molecular complexity index is 303. The SMILES string of the molecule is Cc1cc(N)nc(COC2CCC2)n1. The van der Waals surface area contributed by atoms with Gasteiger partial charge in [-0.1, -0.05) is 0 Å². The van der Waals surface area contributed by atoms with Crippen LogP contribution in [0.25, 0.3) is 0 Å². The average molecular weight is 193 g/mol. The maximum Gasteiger partial charge on any atom is 0.156 e. The molecule has 1 heterocycles. The van der Waals surface area contributed by atoms with Crippen molar-refractivity contribution in [2.24, 2.45) is 0 Å². The zero-order chi connectivity index (χ0) is 9.97. The molecule has 2 rings (SSSR count). The van der Waals surface area contributed by atoms with Gasteiger partial charge in [0.25, 0.3) is 0 Å². The minimum Gasteiger partial charge on any atom is -0.384 e. The predicted molar refractivity (Wildman–Crippen MR) is 53.6 cm³/mol. The molecular formula is C10H15N3O. The molecule has 1 fully saturated rings. The molecule has 1 aliphatic rings. The summed E-state index contributed by atoms with van der Waals surface area (Å²) in [5.41, 5.74) is 6.50. The van der Waals surface area contributed by atoms with Crippen LogP contribution in [-0.4, -0.2) is 16.1 Å². The Morgan fingerprint density at radius 1 is 1.50 bits per heavy atom. The van der Waals surface area contributed by atoms with Crippen LogP contribution in [0.4, 0.5) is 5.82 Å². The van der Waals surface area contributed by atoms with E-state index in [9.17, 15) is 0 Å². The molecule has 0 spiro atoms. The molecule has 0 aromatic carbocycles. The summed E-state index contributed by atoms with van der Waals surface area (Å²) in [6, 6.07) is 1.76. The summed E-state index contributed by atoms with van der Waals surface area (Å²) >= 11 is 0. The summed E-state index contributed by atoms with van der Waals surface area (Å²) in [7, 11) is 0. The van der Waals surface area contributed by atoms with Crippen molar-refractivity contribution in [2.75, 3.05) is 5.73 Å². The van der Waals surface area contributed by atoms with Crippen LogP contribution in [0.5, 0.6) is 0 Å². The van der Waals surface area contributed by atoms with Crippen molar-refractivity contribution in [1.29, 1.82) is 0 Å². The highest BCUT2D eigenvalue weighted by Gasteiger charge is 2.18. The lowest BCUT2D eigenvalue weighted by Gasteiger charge is -2.25. The molecule has 0 amide bonds. The summed E-state index contributed by atoms with van der Waals surface area (Å²) in [6.45, 7) is 2.39. The fourth-order valence-corrected chi connectivity index (χ4v) is 1.45. The molecule has 2 N–H and O–H groups in total. The lowest BCUT2D eigenvalue weighted by molar-refractivity contribution is -0.0116. The van der Waals surface area contributed by atoms with Gasteiger partial charge in [-0.25, -0.2) is 9.97 Å². The van der Waals surface area contributed by atoms with E-state index in [4.69, 9.17) is 10.5 Å². The zero-order valence-corrected chi connectivity index (χ0v) is 8.36. The molecule has 1 saturated carbocycles. The normalized spacial score (nSPS) is 16.6. The second kappa shape index (κ2) is 3.92. The summed E-state index contributed by atoms with van der Waals surface area (Å²) < 4.78 is 5.59. The van der Waals surface area contributed by atoms with Crippen molar-refractivity contribution < 1.29 is 4.74 Å². The summed E-state index contributed by atoms with van der Waals surface area (Å²) in [4.78, 5) is 8.35. The van der Waals surface area contributed by atoms with Gasteiger partial charge in [0.1, 0.15) is 12.4 Å². The molecule has 0 unspecified atom stereocenters. The maximum absolute atomic E-state index is 5.61. The fraction of sp³-hybridized carbons (Fsp3) is 0.600. The van der Waals surface area contributed by atoms with Gasteiger partial charge < -0.3 is 10.5 Å². The number of aryl methyl sites for hydroxylation is 1. The highest BCUT2D eigenvalue weighted by atomic mass is 16.5. The van der Waals surface area contributed by atoms with Crippen molar-refractivity contribution in [3.8, 4) is 0 Å². The van der Waals surface area contributed by atoms with Gasteiger partial charge in [-0.05, 0) is 26.2 Å². The minimum atomic E-state index is 0.417. The first-order chi connectivity index (χ1) is 6.74. The van der Waals surface area contributed by atoms with Crippen LogP contribution in [0.1, 0.15) is 30.8 Å². The van der Waals surface area contributed by atoms with Gasteiger partial charge in [-0.2, -0.15) is 0 Å². The van der Waals surface area contributed by atoms with Gasteiger partial charge in [0, 0.05) is 11.8 Å². The number of hydrogen-bond donors (Lipinski definition) is 1. The third kappa shape index (κ3) is 2.20. The third-order valence-electron chi connectivity index (χ3n) is 2.42. The summed E-state index contributed by atoms with van der Waals surface area (Å²) in [5.74, 6) is 1.21.